The van der Waals surface area contributed by atoms with Gasteiger partial charge in [-0.3, -0.25) is 4.79 Å². The minimum Gasteiger partial charge on any atom is -0.366 e. The number of rotatable bonds is 4. The fraction of sp³-hybridized carbons (Fsp3) is 0.455. The Balaban J connectivity index is 2.78. The molecule has 15 heavy (non-hydrogen) atoms. The molecule has 1 heterocycles. The molecule has 0 aromatic carbocycles. The molecule has 1 amide bonds. The van der Waals surface area contributed by atoms with Gasteiger partial charge in [0.15, 0.2) is 0 Å². The zero-order valence-corrected chi connectivity index (χ0v) is 9.71. The van der Waals surface area contributed by atoms with E-state index in [0.717, 1.165) is 18.5 Å². The Bertz CT molecular complexity index is 364. The Labute approximate surface area is 94.6 Å². The van der Waals surface area contributed by atoms with E-state index in [9.17, 15) is 4.79 Å². The van der Waals surface area contributed by atoms with Crippen molar-refractivity contribution in [3.05, 3.63) is 28.5 Å². The molecule has 0 atom stereocenters. The smallest absolute Gasteiger partial charge is 0.251 e. The monoisotopic (exact) mass is 226 g/mol. The first-order valence-corrected chi connectivity index (χ1v) is 5.33. The molecule has 0 spiro atoms. The Morgan fingerprint density at radius 2 is 2.20 bits per heavy atom. The van der Waals surface area contributed by atoms with Crippen LogP contribution in [0.5, 0.6) is 0 Å². The quantitative estimate of drug-likeness (QED) is 0.802. The number of nitrogens with zero attached hydrogens (tertiary/aromatic N) is 1. The first-order valence-electron chi connectivity index (χ1n) is 4.96. The number of amides is 1. The zero-order valence-electron chi connectivity index (χ0n) is 8.96. The Morgan fingerprint density at radius 1 is 1.53 bits per heavy atom. The lowest BCUT2D eigenvalue weighted by molar-refractivity contribution is 0.1000. The summed E-state index contributed by atoms with van der Waals surface area (Å²) in [5.74, 6) is 0.0873. The molecule has 0 saturated carbocycles. The van der Waals surface area contributed by atoms with E-state index < -0.39 is 5.91 Å². The molecule has 0 bridgehead atoms. The van der Waals surface area contributed by atoms with E-state index in [2.05, 4.69) is 18.8 Å². The maximum atomic E-state index is 10.9. The number of carbonyl (C=O) groups is 1. The van der Waals surface area contributed by atoms with Gasteiger partial charge < -0.3 is 5.73 Å². The second kappa shape index (κ2) is 5.12. The van der Waals surface area contributed by atoms with Crippen LogP contribution in [0.2, 0.25) is 5.15 Å². The molecule has 1 aromatic rings. The normalized spacial score (nSPS) is 10.7. The molecule has 0 radical (unpaired) electrons. The van der Waals surface area contributed by atoms with E-state index in [-0.39, 0.29) is 10.7 Å². The summed E-state index contributed by atoms with van der Waals surface area (Å²) in [5.41, 5.74) is 6.31. The number of halogens is 1. The van der Waals surface area contributed by atoms with Gasteiger partial charge in [-0.25, -0.2) is 4.98 Å². The van der Waals surface area contributed by atoms with Crippen molar-refractivity contribution in [2.75, 3.05) is 0 Å². The molecule has 3 nitrogen and oxygen atoms in total. The van der Waals surface area contributed by atoms with E-state index in [4.69, 9.17) is 17.3 Å². The van der Waals surface area contributed by atoms with Crippen LogP contribution in [0.1, 0.15) is 36.3 Å². The van der Waals surface area contributed by atoms with Gasteiger partial charge in [0, 0.05) is 5.69 Å². The van der Waals surface area contributed by atoms with Gasteiger partial charge in [0.25, 0.3) is 5.91 Å². The highest BCUT2D eigenvalue weighted by Crippen LogP contribution is 2.15. The predicted molar refractivity (Wildman–Crippen MR) is 60.9 cm³/mol. The Hall–Kier alpha value is -1.09. The van der Waals surface area contributed by atoms with Crippen LogP contribution in [0, 0.1) is 5.92 Å². The maximum absolute atomic E-state index is 10.9. The molecular weight excluding hydrogens is 212 g/mol. The number of nitrogens with two attached hydrogens (primary N) is 1. The van der Waals surface area contributed by atoms with Crippen LogP contribution < -0.4 is 5.73 Å². The van der Waals surface area contributed by atoms with Gasteiger partial charge in [-0.05, 0) is 30.9 Å². The molecule has 1 aromatic heterocycles. The van der Waals surface area contributed by atoms with E-state index in [1.165, 1.54) is 0 Å². The topological polar surface area (TPSA) is 56.0 Å². The summed E-state index contributed by atoms with van der Waals surface area (Å²) in [7, 11) is 0. The lowest BCUT2D eigenvalue weighted by Gasteiger charge is -2.05. The van der Waals surface area contributed by atoms with Crippen molar-refractivity contribution in [3.63, 3.8) is 0 Å². The number of carbonyl (C=O) groups excluding carboxylic acids is 1. The Kier molecular flexibility index (Phi) is 4.09. The van der Waals surface area contributed by atoms with Gasteiger partial charge in [-0.2, -0.15) is 0 Å². The molecule has 0 saturated heterocycles. The second-order valence-electron chi connectivity index (χ2n) is 3.94. The highest BCUT2D eigenvalue weighted by molar-refractivity contribution is 6.32. The number of pyridine rings is 1. The number of hydrogen-bond donors (Lipinski definition) is 1. The highest BCUT2D eigenvalue weighted by Gasteiger charge is 2.08. The minimum atomic E-state index is -0.539. The molecule has 1 rings (SSSR count). The average molecular weight is 227 g/mol. The molecule has 0 aliphatic heterocycles. The van der Waals surface area contributed by atoms with E-state index >= 15 is 0 Å². The fourth-order valence-corrected chi connectivity index (χ4v) is 1.50. The van der Waals surface area contributed by atoms with Crippen LogP contribution in [0.15, 0.2) is 12.1 Å². The molecule has 82 valence electrons. The maximum Gasteiger partial charge on any atom is 0.251 e. The summed E-state index contributed by atoms with van der Waals surface area (Å²) in [6.07, 6.45) is 1.93. The summed E-state index contributed by atoms with van der Waals surface area (Å²) >= 11 is 5.83. The standard InChI is InChI=1S/C11H15ClN2O/c1-7(2)3-4-8-5-6-9(11(13)15)10(12)14-8/h5-7H,3-4H2,1-2H3,(H2,13,15). The fourth-order valence-electron chi connectivity index (χ4n) is 1.23. The van der Waals surface area contributed by atoms with Crippen molar-refractivity contribution < 1.29 is 4.79 Å². The van der Waals surface area contributed by atoms with Gasteiger partial charge in [0.05, 0.1) is 5.56 Å². The molecule has 2 N–H and O–H groups in total. The van der Waals surface area contributed by atoms with E-state index in [1.807, 2.05) is 0 Å². The van der Waals surface area contributed by atoms with Crippen LogP contribution in [0.25, 0.3) is 0 Å². The lowest BCUT2D eigenvalue weighted by atomic mass is 10.1. The summed E-state index contributed by atoms with van der Waals surface area (Å²) in [5, 5.41) is 0.198. The van der Waals surface area contributed by atoms with Crippen LogP contribution in [0.4, 0.5) is 0 Å². The lowest BCUT2D eigenvalue weighted by Crippen LogP contribution is -2.12. The van der Waals surface area contributed by atoms with Crippen molar-refractivity contribution in [1.29, 1.82) is 0 Å². The summed E-state index contributed by atoms with van der Waals surface area (Å²) in [6, 6.07) is 3.43. The zero-order chi connectivity index (χ0) is 11.4. The van der Waals surface area contributed by atoms with Crippen molar-refractivity contribution in [2.24, 2.45) is 11.7 Å². The first-order chi connectivity index (χ1) is 7.00. The van der Waals surface area contributed by atoms with Crippen molar-refractivity contribution in [3.8, 4) is 0 Å². The molecule has 0 unspecified atom stereocenters. The molecule has 0 aliphatic rings. The number of aromatic nitrogens is 1. The summed E-state index contributed by atoms with van der Waals surface area (Å²) in [6.45, 7) is 4.30. The highest BCUT2D eigenvalue weighted by atomic mass is 35.5. The van der Waals surface area contributed by atoms with Crippen LogP contribution in [-0.2, 0) is 6.42 Å². The van der Waals surface area contributed by atoms with Crippen LogP contribution in [0.3, 0.4) is 0 Å². The third-order valence-electron chi connectivity index (χ3n) is 2.15. The minimum absolute atomic E-state index is 0.198. The molecule has 0 fully saturated rings. The average Bonchev–Trinajstić information content (AvgIpc) is 2.14. The molecular formula is C11H15ClN2O. The van der Waals surface area contributed by atoms with Crippen LogP contribution in [-0.4, -0.2) is 10.9 Å². The number of aryl methyl sites for hydroxylation is 1. The predicted octanol–water partition coefficient (Wildman–Crippen LogP) is 2.42. The third kappa shape index (κ3) is 3.51. The SMILES string of the molecule is CC(C)CCc1ccc(C(N)=O)c(Cl)n1. The van der Waals surface area contributed by atoms with Crippen molar-refractivity contribution in [2.45, 2.75) is 26.7 Å². The number of primary amides is 1. The van der Waals surface area contributed by atoms with Gasteiger partial charge >= 0.3 is 0 Å². The first kappa shape index (κ1) is 12.0. The van der Waals surface area contributed by atoms with Crippen molar-refractivity contribution in [1.82, 2.24) is 4.98 Å². The van der Waals surface area contributed by atoms with E-state index in [1.54, 1.807) is 12.1 Å². The van der Waals surface area contributed by atoms with E-state index in [0.29, 0.717) is 5.92 Å². The van der Waals surface area contributed by atoms with Crippen molar-refractivity contribution >= 4 is 17.5 Å². The summed E-state index contributed by atoms with van der Waals surface area (Å²) < 4.78 is 0. The van der Waals surface area contributed by atoms with Gasteiger partial charge in [0.1, 0.15) is 5.15 Å². The van der Waals surface area contributed by atoms with Gasteiger partial charge in [-0.1, -0.05) is 25.4 Å². The van der Waals surface area contributed by atoms with Crippen LogP contribution >= 0.6 is 11.6 Å². The molecule has 0 aliphatic carbocycles. The molecule has 4 heteroatoms. The second-order valence-corrected chi connectivity index (χ2v) is 4.30. The number of hydrogen-bond acceptors (Lipinski definition) is 2. The summed E-state index contributed by atoms with van der Waals surface area (Å²) in [4.78, 5) is 15.0. The van der Waals surface area contributed by atoms with Gasteiger partial charge in [-0.15, -0.1) is 0 Å². The third-order valence-corrected chi connectivity index (χ3v) is 2.44. The van der Waals surface area contributed by atoms with Gasteiger partial charge in [0.2, 0.25) is 0 Å². The largest absolute Gasteiger partial charge is 0.366 e. The Morgan fingerprint density at radius 3 is 2.67 bits per heavy atom.